The zero-order valence-corrected chi connectivity index (χ0v) is 16.8. The SMILES string of the molecule is CCNC(=NCc1cc(Cl)ccc1OC(F)F)NCC1CN(C)CCN1C. The highest BCUT2D eigenvalue weighted by molar-refractivity contribution is 6.30. The molecule has 1 atom stereocenters. The predicted octanol–water partition coefficient (Wildman–Crippen LogP) is 2.24. The number of ether oxygens (including phenoxy) is 1. The Morgan fingerprint density at radius 1 is 1.33 bits per heavy atom. The van der Waals surface area contributed by atoms with Crippen LogP contribution in [-0.4, -0.2) is 75.2 Å². The summed E-state index contributed by atoms with van der Waals surface area (Å²) in [6, 6.07) is 4.92. The van der Waals surface area contributed by atoms with Crippen LogP contribution in [0.25, 0.3) is 0 Å². The molecule has 0 radical (unpaired) electrons. The fourth-order valence-corrected chi connectivity index (χ4v) is 3.12. The van der Waals surface area contributed by atoms with E-state index in [4.69, 9.17) is 11.6 Å². The van der Waals surface area contributed by atoms with E-state index >= 15 is 0 Å². The third-order valence-corrected chi connectivity index (χ3v) is 4.71. The third-order valence-electron chi connectivity index (χ3n) is 4.48. The Labute approximate surface area is 164 Å². The quantitative estimate of drug-likeness (QED) is 0.540. The van der Waals surface area contributed by atoms with Crippen LogP contribution in [0.15, 0.2) is 23.2 Å². The summed E-state index contributed by atoms with van der Waals surface area (Å²) < 4.78 is 29.7. The van der Waals surface area contributed by atoms with Crippen molar-refractivity contribution in [2.24, 2.45) is 4.99 Å². The standard InChI is InChI=1S/C18H28ClF2N5O/c1-4-22-18(24-11-15-12-25(2)7-8-26(15)3)23-10-13-9-14(19)5-6-16(13)27-17(20)21/h5-6,9,15,17H,4,7-8,10-12H2,1-3H3,(H2,22,23,24). The number of likely N-dealkylation sites (N-methyl/N-ethyl adjacent to an activating group) is 2. The van der Waals surface area contributed by atoms with Crippen LogP contribution in [0, 0.1) is 0 Å². The van der Waals surface area contributed by atoms with Crippen molar-refractivity contribution in [2.45, 2.75) is 26.1 Å². The highest BCUT2D eigenvalue weighted by atomic mass is 35.5. The summed E-state index contributed by atoms with van der Waals surface area (Å²) in [5, 5.41) is 6.96. The van der Waals surface area contributed by atoms with Crippen LogP contribution in [0.5, 0.6) is 5.75 Å². The van der Waals surface area contributed by atoms with Crippen molar-refractivity contribution in [1.82, 2.24) is 20.4 Å². The maximum atomic E-state index is 12.6. The fourth-order valence-electron chi connectivity index (χ4n) is 2.92. The predicted molar refractivity (Wildman–Crippen MR) is 105 cm³/mol. The van der Waals surface area contributed by atoms with Crippen molar-refractivity contribution in [3.05, 3.63) is 28.8 Å². The average Bonchev–Trinajstić information content (AvgIpc) is 2.61. The van der Waals surface area contributed by atoms with Gasteiger partial charge in [0.1, 0.15) is 5.75 Å². The molecular formula is C18H28ClF2N5O. The second kappa shape index (κ2) is 10.6. The van der Waals surface area contributed by atoms with Gasteiger partial charge in [-0.25, -0.2) is 4.99 Å². The van der Waals surface area contributed by atoms with Crippen LogP contribution in [-0.2, 0) is 6.54 Å². The molecule has 0 spiro atoms. The van der Waals surface area contributed by atoms with Gasteiger partial charge in [-0.2, -0.15) is 8.78 Å². The fraction of sp³-hybridized carbons (Fsp3) is 0.611. The van der Waals surface area contributed by atoms with Crippen LogP contribution in [0.3, 0.4) is 0 Å². The number of nitrogens with zero attached hydrogens (tertiary/aromatic N) is 3. The van der Waals surface area contributed by atoms with E-state index in [1.807, 2.05) is 6.92 Å². The van der Waals surface area contributed by atoms with Gasteiger partial charge in [0.25, 0.3) is 0 Å². The number of alkyl halides is 2. The number of aliphatic imine (C=N–C) groups is 1. The van der Waals surface area contributed by atoms with Gasteiger partial charge in [0.2, 0.25) is 0 Å². The largest absolute Gasteiger partial charge is 0.434 e. The molecule has 1 saturated heterocycles. The van der Waals surface area contributed by atoms with Crippen molar-refractivity contribution in [1.29, 1.82) is 0 Å². The maximum absolute atomic E-state index is 12.6. The first-order valence-electron chi connectivity index (χ1n) is 9.03. The van der Waals surface area contributed by atoms with Crippen molar-refractivity contribution in [3.63, 3.8) is 0 Å². The Morgan fingerprint density at radius 2 is 2.11 bits per heavy atom. The first kappa shape index (κ1) is 21.7. The molecule has 2 N–H and O–H groups in total. The van der Waals surface area contributed by atoms with Gasteiger partial charge in [0.05, 0.1) is 6.54 Å². The molecule has 0 amide bonds. The van der Waals surface area contributed by atoms with Gasteiger partial charge in [-0.1, -0.05) is 11.6 Å². The summed E-state index contributed by atoms with van der Waals surface area (Å²) >= 11 is 5.99. The molecule has 0 aliphatic carbocycles. The number of guanidine groups is 1. The van der Waals surface area contributed by atoms with E-state index in [1.165, 1.54) is 12.1 Å². The molecule has 9 heteroatoms. The summed E-state index contributed by atoms with van der Waals surface area (Å²) in [6.45, 7) is 3.75. The molecular weight excluding hydrogens is 376 g/mol. The lowest BCUT2D eigenvalue weighted by molar-refractivity contribution is -0.0504. The van der Waals surface area contributed by atoms with Gasteiger partial charge >= 0.3 is 6.61 Å². The number of rotatable bonds is 7. The Hall–Kier alpha value is -1.64. The molecule has 2 rings (SSSR count). The smallest absolute Gasteiger partial charge is 0.387 e. The minimum atomic E-state index is -2.89. The number of hydrogen-bond donors (Lipinski definition) is 2. The van der Waals surface area contributed by atoms with E-state index in [9.17, 15) is 8.78 Å². The topological polar surface area (TPSA) is 52.1 Å². The molecule has 6 nitrogen and oxygen atoms in total. The van der Waals surface area contributed by atoms with E-state index in [1.54, 1.807) is 6.07 Å². The number of halogens is 3. The monoisotopic (exact) mass is 403 g/mol. The van der Waals surface area contributed by atoms with Crippen LogP contribution >= 0.6 is 11.6 Å². The molecule has 1 aromatic rings. The summed E-state index contributed by atoms with van der Waals surface area (Å²) in [6.07, 6.45) is 0. The first-order chi connectivity index (χ1) is 12.9. The van der Waals surface area contributed by atoms with Crippen LogP contribution in [0.4, 0.5) is 8.78 Å². The molecule has 0 aromatic heterocycles. The van der Waals surface area contributed by atoms with Gasteiger partial charge in [0, 0.05) is 49.4 Å². The third kappa shape index (κ3) is 7.12. The van der Waals surface area contributed by atoms with Gasteiger partial charge in [-0.3, -0.25) is 4.90 Å². The second-order valence-electron chi connectivity index (χ2n) is 6.60. The molecule has 152 valence electrons. The first-order valence-corrected chi connectivity index (χ1v) is 9.41. The van der Waals surface area contributed by atoms with Crippen LogP contribution in [0.2, 0.25) is 5.02 Å². The Balaban J connectivity index is 2.03. The van der Waals surface area contributed by atoms with Crippen LogP contribution in [0.1, 0.15) is 12.5 Å². The van der Waals surface area contributed by atoms with Crippen molar-refractivity contribution in [3.8, 4) is 5.75 Å². The van der Waals surface area contributed by atoms with Gasteiger partial charge in [-0.05, 0) is 39.2 Å². The van der Waals surface area contributed by atoms with Crippen molar-refractivity contribution in [2.75, 3.05) is 46.8 Å². The van der Waals surface area contributed by atoms with Crippen LogP contribution < -0.4 is 15.4 Å². The van der Waals surface area contributed by atoms with E-state index in [2.05, 4.69) is 44.3 Å². The van der Waals surface area contributed by atoms with Crippen molar-refractivity contribution < 1.29 is 13.5 Å². The van der Waals surface area contributed by atoms with E-state index < -0.39 is 6.61 Å². The molecule has 0 saturated carbocycles. The van der Waals surface area contributed by atoms with E-state index in [0.717, 1.165) is 26.2 Å². The van der Waals surface area contributed by atoms with E-state index in [0.29, 0.717) is 29.1 Å². The number of nitrogens with one attached hydrogen (secondary N) is 2. The molecule has 1 fully saturated rings. The molecule has 0 bridgehead atoms. The highest BCUT2D eigenvalue weighted by Crippen LogP contribution is 2.25. The molecule has 1 aliphatic rings. The average molecular weight is 404 g/mol. The molecule has 1 unspecified atom stereocenters. The molecule has 1 aromatic carbocycles. The normalized spacial score (nSPS) is 19.4. The van der Waals surface area contributed by atoms with Gasteiger partial charge < -0.3 is 20.3 Å². The Morgan fingerprint density at radius 3 is 2.81 bits per heavy atom. The minimum Gasteiger partial charge on any atom is -0.434 e. The van der Waals surface area contributed by atoms with E-state index in [-0.39, 0.29) is 12.3 Å². The zero-order valence-electron chi connectivity index (χ0n) is 16.0. The van der Waals surface area contributed by atoms with Gasteiger partial charge in [-0.15, -0.1) is 0 Å². The minimum absolute atomic E-state index is 0.0858. The lowest BCUT2D eigenvalue weighted by Crippen LogP contribution is -2.55. The summed E-state index contributed by atoms with van der Waals surface area (Å²) in [5.74, 6) is 0.713. The lowest BCUT2D eigenvalue weighted by atomic mass is 10.2. The van der Waals surface area contributed by atoms with Gasteiger partial charge in [0.15, 0.2) is 5.96 Å². The highest BCUT2D eigenvalue weighted by Gasteiger charge is 2.22. The molecule has 1 aliphatic heterocycles. The number of benzene rings is 1. The van der Waals surface area contributed by atoms with Crippen molar-refractivity contribution >= 4 is 17.6 Å². The molecule has 27 heavy (non-hydrogen) atoms. The summed E-state index contributed by atoms with van der Waals surface area (Å²) in [7, 11) is 4.23. The Bertz CT molecular complexity index is 632. The maximum Gasteiger partial charge on any atom is 0.387 e. The molecule has 1 heterocycles. The Kier molecular flexibility index (Phi) is 8.53. The lowest BCUT2D eigenvalue weighted by Gasteiger charge is -2.37. The second-order valence-corrected chi connectivity index (χ2v) is 7.04. The summed E-state index contributed by atoms with van der Waals surface area (Å²) in [5.41, 5.74) is 0.509. The number of hydrogen-bond acceptors (Lipinski definition) is 4. The summed E-state index contributed by atoms with van der Waals surface area (Å²) in [4.78, 5) is 9.12. The number of piperazine rings is 1. The zero-order chi connectivity index (χ0) is 19.8.